The molecule has 0 heterocycles. The van der Waals surface area contributed by atoms with Crippen molar-refractivity contribution in [2.45, 2.75) is 13.3 Å². The van der Waals surface area contributed by atoms with Gasteiger partial charge in [-0.2, -0.15) is 0 Å². The van der Waals surface area contributed by atoms with Crippen LogP contribution in [0.15, 0.2) is 54.6 Å². The van der Waals surface area contributed by atoms with Crippen LogP contribution in [0.25, 0.3) is 11.6 Å². The third-order valence-corrected chi connectivity index (χ3v) is 3.51. The molecule has 1 aliphatic rings. The van der Waals surface area contributed by atoms with Crippen molar-refractivity contribution in [1.29, 1.82) is 0 Å². The lowest BCUT2D eigenvalue weighted by Crippen LogP contribution is -1.90. The Morgan fingerprint density at radius 1 is 0.941 bits per heavy atom. The zero-order valence-corrected chi connectivity index (χ0v) is 10.1. The van der Waals surface area contributed by atoms with Gasteiger partial charge in [0.15, 0.2) is 0 Å². The summed E-state index contributed by atoms with van der Waals surface area (Å²) in [6.07, 6.45) is 3.51. The fourth-order valence-corrected chi connectivity index (χ4v) is 2.63. The Labute approximate surface area is 103 Å². The van der Waals surface area contributed by atoms with Crippen molar-refractivity contribution in [2.24, 2.45) is 5.92 Å². The molecule has 0 heteroatoms. The van der Waals surface area contributed by atoms with Crippen molar-refractivity contribution < 1.29 is 0 Å². The lowest BCUT2D eigenvalue weighted by molar-refractivity contribution is 0.783. The molecule has 84 valence electrons. The van der Waals surface area contributed by atoms with Gasteiger partial charge in [0.05, 0.1) is 0 Å². The first-order chi connectivity index (χ1) is 8.34. The topological polar surface area (TPSA) is 0 Å². The van der Waals surface area contributed by atoms with Gasteiger partial charge in [-0.3, -0.25) is 0 Å². The highest BCUT2D eigenvalue weighted by molar-refractivity contribution is 5.86. The third kappa shape index (κ3) is 1.91. The Kier molecular flexibility index (Phi) is 2.56. The molecule has 0 saturated heterocycles. The van der Waals surface area contributed by atoms with Crippen LogP contribution in [0.4, 0.5) is 0 Å². The van der Waals surface area contributed by atoms with E-state index < -0.39 is 0 Å². The van der Waals surface area contributed by atoms with Crippen molar-refractivity contribution in [1.82, 2.24) is 0 Å². The molecule has 0 amide bonds. The Hall–Kier alpha value is -1.82. The summed E-state index contributed by atoms with van der Waals surface area (Å²) in [5, 5.41) is 0. The van der Waals surface area contributed by atoms with Crippen LogP contribution >= 0.6 is 0 Å². The van der Waals surface area contributed by atoms with Gasteiger partial charge in [0.2, 0.25) is 0 Å². The van der Waals surface area contributed by atoms with E-state index in [-0.39, 0.29) is 0 Å². The molecule has 0 fully saturated rings. The molecule has 0 radical (unpaired) electrons. The Bertz CT molecular complexity index is 549. The second-order valence-electron chi connectivity index (χ2n) is 4.77. The first-order valence-corrected chi connectivity index (χ1v) is 6.19. The molecular weight excluding hydrogens is 204 g/mol. The first kappa shape index (κ1) is 10.3. The fraction of sp³-hybridized carbons (Fsp3) is 0.176. The molecule has 0 spiro atoms. The molecule has 0 saturated carbocycles. The second kappa shape index (κ2) is 4.21. The van der Waals surface area contributed by atoms with Crippen LogP contribution in [0, 0.1) is 5.92 Å². The van der Waals surface area contributed by atoms with Crippen molar-refractivity contribution in [3.05, 3.63) is 71.3 Å². The van der Waals surface area contributed by atoms with Gasteiger partial charge in [0, 0.05) is 0 Å². The molecule has 0 N–H and O–H groups in total. The molecule has 0 nitrogen and oxygen atoms in total. The molecule has 0 aliphatic heterocycles. The minimum atomic E-state index is 0.632. The van der Waals surface area contributed by atoms with E-state index in [1.54, 1.807) is 0 Å². The summed E-state index contributed by atoms with van der Waals surface area (Å²) in [7, 11) is 0. The van der Waals surface area contributed by atoms with Gasteiger partial charge in [0.25, 0.3) is 0 Å². The van der Waals surface area contributed by atoms with Gasteiger partial charge < -0.3 is 0 Å². The van der Waals surface area contributed by atoms with E-state index in [9.17, 15) is 0 Å². The van der Waals surface area contributed by atoms with E-state index in [1.807, 2.05) is 0 Å². The minimum absolute atomic E-state index is 0.632. The summed E-state index contributed by atoms with van der Waals surface area (Å²) in [6.45, 7) is 2.31. The van der Waals surface area contributed by atoms with Crippen LogP contribution in [-0.2, 0) is 6.42 Å². The number of allylic oxidation sites excluding steroid dienone is 1. The van der Waals surface area contributed by atoms with E-state index in [0.29, 0.717) is 5.92 Å². The fourth-order valence-electron chi connectivity index (χ4n) is 2.63. The van der Waals surface area contributed by atoms with Gasteiger partial charge in [-0.05, 0) is 34.6 Å². The summed E-state index contributed by atoms with van der Waals surface area (Å²) < 4.78 is 0. The van der Waals surface area contributed by atoms with Crippen LogP contribution in [-0.4, -0.2) is 0 Å². The Morgan fingerprint density at radius 3 is 2.47 bits per heavy atom. The molecule has 17 heavy (non-hydrogen) atoms. The van der Waals surface area contributed by atoms with Crippen LogP contribution in [0.3, 0.4) is 0 Å². The van der Waals surface area contributed by atoms with Gasteiger partial charge in [0.1, 0.15) is 0 Å². The number of hydrogen-bond acceptors (Lipinski definition) is 0. The molecule has 2 aromatic carbocycles. The zero-order valence-electron chi connectivity index (χ0n) is 10.1. The number of rotatable bonds is 1. The molecule has 0 aromatic heterocycles. The SMILES string of the molecule is CC1Cc2ccccc2C1=Cc1ccccc1. The maximum Gasteiger partial charge on any atom is -0.0143 e. The van der Waals surface area contributed by atoms with Gasteiger partial charge in [-0.1, -0.05) is 67.6 Å². The first-order valence-electron chi connectivity index (χ1n) is 6.19. The normalized spacial score (nSPS) is 20.5. The highest BCUT2D eigenvalue weighted by atomic mass is 14.3. The predicted octanol–water partition coefficient (Wildman–Crippen LogP) is 4.42. The van der Waals surface area contributed by atoms with Crippen molar-refractivity contribution >= 4 is 11.6 Å². The zero-order chi connectivity index (χ0) is 11.7. The minimum Gasteiger partial charge on any atom is -0.0622 e. The maximum absolute atomic E-state index is 2.33. The van der Waals surface area contributed by atoms with Crippen molar-refractivity contribution in [3.63, 3.8) is 0 Å². The monoisotopic (exact) mass is 220 g/mol. The van der Waals surface area contributed by atoms with E-state index in [4.69, 9.17) is 0 Å². The quantitative estimate of drug-likeness (QED) is 0.667. The lowest BCUT2D eigenvalue weighted by Gasteiger charge is -2.06. The molecule has 3 rings (SSSR count). The highest BCUT2D eigenvalue weighted by Gasteiger charge is 2.22. The van der Waals surface area contributed by atoms with E-state index in [2.05, 4.69) is 67.6 Å². The molecular formula is C17H16. The summed E-state index contributed by atoms with van der Waals surface area (Å²) in [5.74, 6) is 0.632. The van der Waals surface area contributed by atoms with Crippen LogP contribution in [0.1, 0.15) is 23.6 Å². The summed E-state index contributed by atoms with van der Waals surface area (Å²) in [6, 6.07) is 19.4. The molecule has 1 aliphatic carbocycles. The third-order valence-electron chi connectivity index (χ3n) is 3.51. The average Bonchev–Trinajstić information content (AvgIpc) is 2.68. The van der Waals surface area contributed by atoms with Gasteiger partial charge in [-0.15, -0.1) is 0 Å². The number of fused-ring (bicyclic) bond motifs is 1. The maximum atomic E-state index is 2.33. The molecule has 1 atom stereocenters. The standard InChI is InChI=1S/C17H16/c1-13-11-15-9-5-6-10-16(15)17(13)12-14-7-3-2-4-8-14/h2-10,12-13H,11H2,1H3. The molecule has 2 aromatic rings. The van der Waals surface area contributed by atoms with Gasteiger partial charge >= 0.3 is 0 Å². The highest BCUT2D eigenvalue weighted by Crippen LogP contribution is 2.37. The summed E-state index contributed by atoms with van der Waals surface area (Å²) in [5.41, 5.74) is 5.70. The summed E-state index contributed by atoms with van der Waals surface area (Å²) in [4.78, 5) is 0. The van der Waals surface area contributed by atoms with E-state index in [1.165, 1.54) is 28.7 Å². The largest absolute Gasteiger partial charge is 0.0622 e. The van der Waals surface area contributed by atoms with Crippen LogP contribution < -0.4 is 0 Å². The number of hydrogen-bond donors (Lipinski definition) is 0. The average molecular weight is 220 g/mol. The molecule has 1 unspecified atom stereocenters. The molecule has 0 bridgehead atoms. The van der Waals surface area contributed by atoms with E-state index >= 15 is 0 Å². The van der Waals surface area contributed by atoms with Crippen molar-refractivity contribution in [3.8, 4) is 0 Å². The van der Waals surface area contributed by atoms with E-state index in [0.717, 1.165) is 0 Å². The smallest absolute Gasteiger partial charge is 0.0143 e. The second-order valence-corrected chi connectivity index (χ2v) is 4.77. The van der Waals surface area contributed by atoms with Gasteiger partial charge in [-0.25, -0.2) is 0 Å². The van der Waals surface area contributed by atoms with Crippen molar-refractivity contribution in [2.75, 3.05) is 0 Å². The Balaban J connectivity index is 2.07. The van der Waals surface area contributed by atoms with Crippen LogP contribution in [0.2, 0.25) is 0 Å². The summed E-state index contributed by atoms with van der Waals surface area (Å²) >= 11 is 0. The van der Waals surface area contributed by atoms with Crippen LogP contribution in [0.5, 0.6) is 0 Å². The Morgan fingerprint density at radius 2 is 1.65 bits per heavy atom. The lowest BCUT2D eigenvalue weighted by atomic mass is 9.99. The predicted molar refractivity (Wildman–Crippen MR) is 73.6 cm³/mol. The number of benzene rings is 2.